The van der Waals surface area contributed by atoms with Gasteiger partial charge >= 0.3 is 5.97 Å². The zero-order chi connectivity index (χ0) is 20.6. The molecule has 0 bridgehead atoms. The first-order valence-corrected chi connectivity index (χ1v) is 10.4. The molecule has 1 saturated heterocycles. The van der Waals surface area contributed by atoms with E-state index in [9.17, 15) is 18.8 Å². The van der Waals surface area contributed by atoms with Crippen molar-refractivity contribution in [3.05, 3.63) is 58.0 Å². The minimum Gasteiger partial charge on any atom is -0.455 e. The number of rotatable bonds is 7. The molecule has 3 rings (SSSR count). The summed E-state index contributed by atoms with van der Waals surface area (Å²) in [4.78, 5) is 38.8. The highest BCUT2D eigenvalue weighted by Gasteiger charge is 2.29. The average molecular weight is 418 g/mol. The number of nitrogens with one attached hydrogen (secondary N) is 1. The van der Waals surface area contributed by atoms with Crippen molar-refractivity contribution in [2.45, 2.75) is 19.3 Å². The van der Waals surface area contributed by atoms with Gasteiger partial charge < -0.3 is 15.0 Å². The minimum absolute atomic E-state index is 0.00708. The van der Waals surface area contributed by atoms with Crippen LogP contribution in [-0.2, 0) is 20.7 Å². The molecular weight excluding hydrogens is 395 g/mol. The summed E-state index contributed by atoms with van der Waals surface area (Å²) in [5, 5.41) is 4.54. The summed E-state index contributed by atoms with van der Waals surface area (Å²) in [7, 11) is 0. The van der Waals surface area contributed by atoms with Crippen LogP contribution in [0.1, 0.15) is 28.1 Å². The molecule has 1 N–H and O–H groups in total. The van der Waals surface area contributed by atoms with Gasteiger partial charge in [-0.3, -0.25) is 14.4 Å². The summed E-state index contributed by atoms with van der Waals surface area (Å²) in [5.41, 5.74) is 0.910. The van der Waals surface area contributed by atoms with Gasteiger partial charge in [-0.2, -0.15) is 0 Å². The Kier molecular flexibility index (Phi) is 7.35. The van der Waals surface area contributed by atoms with Gasteiger partial charge in [0, 0.05) is 19.6 Å². The van der Waals surface area contributed by atoms with Crippen molar-refractivity contribution in [3.63, 3.8) is 0 Å². The summed E-state index contributed by atoms with van der Waals surface area (Å²) in [6, 6.07) is 9.71. The number of benzene rings is 1. The highest BCUT2D eigenvalue weighted by Crippen LogP contribution is 2.21. The van der Waals surface area contributed by atoms with Gasteiger partial charge in [0.25, 0.3) is 11.8 Å². The van der Waals surface area contributed by atoms with E-state index in [0.29, 0.717) is 43.8 Å². The monoisotopic (exact) mass is 418 g/mol. The van der Waals surface area contributed by atoms with Crippen molar-refractivity contribution in [1.29, 1.82) is 0 Å². The van der Waals surface area contributed by atoms with E-state index in [1.165, 1.54) is 23.5 Å². The Hall–Kier alpha value is -2.74. The van der Waals surface area contributed by atoms with E-state index in [2.05, 4.69) is 5.32 Å². The summed E-state index contributed by atoms with van der Waals surface area (Å²) in [6.07, 6.45) is 1.63. The van der Waals surface area contributed by atoms with Crippen LogP contribution in [0.15, 0.2) is 41.8 Å². The molecule has 6 nitrogen and oxygen atoms in total. The lowest BCUT2D eigenvalue weighted by molar-refractivity contribution is -0.153. The molecule has 1 fully saturated rings. The van der Waals surface area contributed by atoms with E-state index >= 15 is 0 Å². The van der Waals surface area contributed by atoms with Crippen LogP contribution in [0, 0.1) is 11.7 Å². The second-order valence-electron chi connectivity index (χ2n) is 6.88. The Morgan fingerprint density at radius 2 is 1.86 bits per heavy atom. The molecule has 1 aromatic carbocycles. The number of piperidine rings is 1. The minimum atomic E-state index is -0.401. The normalized spacial score (nSPS) is 14.4. The van der Waals surface area contributed by atoms with Crippen LogP contribution in [0.25, 0.3) is 0 Å². The van der Waals surface area contributed by atoms with E-state index < -0.39 is 5.97 Å². The number of amides is 2. The lowest BCUT2D eigenvalue weighted by Crippen LogP contribution is -2.41. The summed E-state index contributed by atoms with van der Waals surface area (Å²) in [6.45, 7) is 1.06. The topological polar surface area (TPSA) is 75.7 Å². The van der Waals surface area contributed by atoms with E-state index in [4.69, 9.17) is 4.74 Å². The molecule has 0 aliphatic carbocycles. The number of nitrogens with zero attached hydrogens (tertiary/aromatic N) is 1. The molecule has 0 unspecified atom stereocenters. The van der Waals surface area contributed by atoms with E-state index in [1.807, 2.05) is 11.4 Å². The van der Waals surface area contributed by atoms with Crippen LogP contribution in [-0.4, -0.2) is 48.9 Å². The molecule has 1 aliphatic heterocycles. The van der Waals surface area contributed by atoms with Crippen LogP contribution in [0.2, 0.25) is 0 Å². The summed E-state index contributed by atoms with van der Waals surface area (Å²) in [5.74, 6) is -1.37. The third kappa shape index (κ3) is 6.12. The molecule has 0 radical (unpaired) electrons. The molecule has 2 heterocycles. The van der Waals surface area contributed by atoms with Crippen molar-refractivity contribution in [2.75, 3.05) is 26.2 Å². The maximum absolute atomic E-state index is 12.9. The molecule has 1 aliphatic rings. The summed E-state index contributed by atoms with van der Waals surface area (Å²) < 4.78 is 18.0. The van der Waals surface area contributed by atoms with Crippen LogP contribution in [0.4, 0.5) is 4.39 Å². The third-order valence-corrected chi connectivity index (χ3v) is 5.70. The molecule has 29 heavy (non-hydrogen) atoms. The molecule has 2 aromatic rings. The third-order valence-electron chi connectivity index (χ3n) is 4.84. The van der Waals surface area contributed by atoms with E-state index in [1.54, 1.807) is 23.1 Å². The molecule has 154 valence electrons. The number of hydrogen-bond donors (Lipinski definition) is 1. The first-order valence-electron chi connectivity index (χ1n) is 9.53. The van der Waals surface area contributed by atoms with Crippen LogP contribution in [0.5, 0.6) is 0 Å². The van der Waals surface area contributed by atoms with Gasteiger partial charge in [0.2, 0.25) is 0 Å². The largest absolute Gasteiger partial charge is 0.455 e. The van der Waals surface area contributed by atoms with Crippen LogP contribution >= 0.6 is 11.3 Å². The van der Waals surface area contributed by atoms with Gasteiger partial charge in [0.05, 0.1) is 10.8 Å². The number of hydrogen-bond acceptors (Lipinski definition) is 5. The van der Waals surface area contributed by atoms with Gasteiger partial charge in [-0.1, -0.05) is 18.2 Å². The molecule has 2 amide bonds. The first kappa shape index (κ1) is 21.0. The standard InChI is InChI=1S/C21H23FN2O4S/c22-17-5-3-15(4-6-17)7-10-23-19(25)14-28-21(27)16-8-11-24(12-9-16)20(26)18-2-1-13-29-18/h1-6,13,16H,7-12,14H2,(H,23,25). The first-order chi connectivity index (χ1) is 14.0. The van der Waals surface area contributed by atoms with Gasteiger partial charge in [0.15, 0.2) is 6.61 Å². The maximum Gasteiger partial charge on any atom is 0.309 e. The summed E-state index contributed by atoms with van der Waals surface area (Å²) >= 11 is 1.40. The number of thiophene rings is 1. The smallest absolute Gasteiger partial charge is 0.309 e. The van der Waals surface area contributed by atoms with Gasteiger partial charge in [-0.05, 0) is 48.4 Å². The van der Waals surface area contributed by atoms with Crippen molar-refractivity contribution >= 4 is 29.1 Å². The van der Waals surface area contributed by atoms with Gasteiger partial charge in [-0.25, -0.2) is 4.39 Å². The molecule has 0 spiro atoms. The Bertz CT molecular complexity index is 831. The SMILES string of the molecule is O=C(COC(=O)C1CCN(C(=O)c2cccs2)CC1)NCCc1ccc(F)cc1. The molecule has 0 saturated carbocycles. The predicted octanol–water partition coefficient (Wildman–Crippen LogP) is 2.64. The van der Waals surface area contributed by atoms with E-state index in [0.717, 1.165) is 5.56 Å². The van der Waals surface area contributed by atoms with Crippen LogP contribution in [0.3, 0.4) is 0 Å². The Labute approximate surface area is 172 Å². The van der Waals surface area contributed by atoms with Gasteiger partial charge in [-0.15, -0.1) is 11.3 Å². The number of halogens is 1. The zero-order valence-corrected chi connectivity index (χ0v) is 16.8. The van der Waals surface area contributed by atoms with Crippen molar-refractivity contribution in [2.24, 2.45) is 5.92 Å². The zero-order valence-electron chi connectivity index (χ0n) is 15.9. The van der Waals surface area contributed by atoms with Crippen molar-refractivity contribution in [1.82, 2.24) is 10.2 Å². The second kappa shape index (κ2) is 10.2. The molecule has 8 heteroatoms. The fourth-order valence-corrected chi connectivity index (χ4v) is 3.87. The van der Waals surface area contributed by atoms with Crippen LogP contribution < -0.4 is 5.32 Å². The Morgan fingerprint density at radius 1 is 1.14 bits per heavy atom. The fourth-order valence-electron chi connectivity index (χ4n) is 3.18. The second-order valence-corrected chi connectivity index (χ2v) is 7.83. The fraction of sp³-hybridized carbons (Fsp3) is 0.381. The number of esters is 1. The molecular formula is C21H23FN2O4S. The van der Waals surface area contributed by atoms with Crippen molar-refractivity contribution in [3.8, 4) is 0 Å². The molecule has 1 aromatic heterocycles. The average Bonchev–Trinajstić information content (AvgIpc) is 3.28. The van der Waals surface area contributed by atoms with Gasteiger partial charge in [0.1, 0.15) is 5.82 Å². The molecule has 0 atom stereocenters. The maximum atomic E-state index is 12.9. The van der Waals surface area contributed by atoms with E-state index in [-0.39, 0.29) is 30.2 Å². The quantitative estimate of drug-likeness (QED) is 0.702. The number of likely N-dealkylation sites (tertiary alicyclic amines) is 1. The predicted molar refractivity (Wildman–Crippen MR) is 107 cm³/mol. The Balaban J connectivity index is 1.32. The van der Waals surface area contributed by atoms with Crippen molar-refractivity contribution < 1.29 is 23.5 Å². The number of ether oxygens (including phenoxy) is 1. The highest BCUT2D eigenvalue weighted by molar-refractivity contribution is 7.12. The number of carbonyl (C=O) groups is 3. The number of carbonyl (C=O) groups excluding carboxylic acids is 3. The highest BCUT2D eigenvalue weighted by atomic mass is 32.1. The lowest BCUT2D eigenvalue weighted by atomic mass is 9.97. The lowest BCUT2D eigenvalue weighted by Gasteiger charge is -2.30. The Morgan fingerprint density at radius 3 is 2.52 bits per heavy atom.